The van der Waals surface area contributed by atoms with Crippen LogP contribution in [0.1, 0.15) is 77.7 Å². The number of esters is 1. The van der Waals surface area contributed by atoms with Gasteiger partial charge in [-0.2, -0.15) is 0 Å². The number of nitrogens with zero attached hydrogens (tertiary/aromatic N) is 2. The molecule has 0 spiro atoms. The van der Waals surface area contributed by atoms with Gasteiger partial charge in [-0.1, -0.05) is 49.8 Å². The Morgan fingerprint density at radius 2 is 1.80 bits per heavy atom. The van der Waals surface area contributed by atoms with Gasteiger partial charge >= 0.3 is 12.1 Å². The number of hydrogen-bond acceptors (Lipinski definition) is 10. The largest absolute Gasteiger partial charge is 0.493 e. The number of hydrogen-bond donors (Lipinski definition) is 3. The fourth-order valence-electron chi connectivity index (χ4n) is 5.83. The van der Waals surface area contributed by atoms with Crippen LogP contribution in [0.15, 0.2) is 36.7 Å². The van der Waals surface area contributed by atoms with E-state index < -0.39 is 23.7 Å². The lowest BCUT2D eigenvalue weighted by molar-refractivity contribution is -0.145. The SMILES string of the molecule is COC(=O)[C@@H](CC1CCCCC1)NC(=O)CCc1ccc(Cl)cc1Nc1ncnc2cc(OC)c(OCCCNC(=O)OC(C)(C)C)cc12. The van der Waals surface area contributed by atoms with Crippen LogP contribution in [-0.4, -0.2) is 67.0 Å². The number of aromatic nitrogens is 2. The lowest BCUT2D eigenvalue weighted by Crippen LogP contribution is -2.43. The lowest BCUT2D eigenvalue weighted by atomic mass is 9.85. The van der Waals surface area contributed by atoms with Crippen molar-refractivity contribution in [3.8, 4) is 11.5 Å². The summed E-state index contributed by atoms with van der Waals surface area (Å²) in [5.41, 5.74) is 1.58. The average Bonchev–Trinajstić information content (AvgIpc) is 3.06. The Kier molecular flexibility index (Phi) is 13.7. The molecule has 1 saturated carbocycles. The van der Waals surface area contributed by atoms with Gasteiger partial charge in [-0.15, -0.1) is 0 Å². The molecule has 49 heavy (non-hydrogen) atoms. The number of rotatable bonds is 15. The van der Waals surface area contributed by atoms with Crippen LogP contribution >= 0.6 is 11.6 Å². The summed E-state index contributed by atoms with van der Waals surface area (Å²) in [6.45, 7) is 6.11. The Bertz CT molecular complexity index is 1590. The van der Waals surface area contributed by atoms with Crippen molar-refractivity contribution in [2.45, 2.75) is 90.2 Å². The summed E-state index contributed by atoms with van der Waals surface area (Å²) in [5, 5.41) is 10.2. The highest BCUT2D eigenvalue weighted by atomic mass is 35.5. The van der Waals surface area contributed by atoms with E-state index in [4.69, 9.17) is 30.5 Å². The first kappa shape index (κ1) is 37.5. The number of ether oxygens (including phenoxy) is 4. The van der Waals surface area contributed by atoms with E-state index in [9.17, 15) is 14.4 Å². The highest BCUT2D eigenvalue weighted by Gasteiger charge is 2.26. The monoisotopic (exact) mass is 697 g/mol. The summed E-state index contributed by atoms with van der Waals surface area (Å²) in [6.07, 6.45) is 8.30. The van der Waals surface area contributed by atoms with Crippen LogP contribution in [0.3, 0.4) is 0 Å². The lowest BCUT2D eigenvalue weighted by Gasteiger charge is -2.25. The number of halogens is 1. The Morgan fingerprint density at radius 3 is 2.51 bits per heavy atom. The summed E-state index contributed by atoms with van der Waals surface area (Å²) < 4.78 is 21.9. The van der Waals surface area contributed by atoms with E-state index in [2.05, 4.69) is 25.9 Å². The molecule has 0 radical (unpaired) electrons. The van der Waals surface area contributed by atoms with Crippen molar-refractivity contribution >= 4 is 52.0 Å². The van der Waals surface area contributed by atoms with Crippen molar-refractivity contribution in [1.29, 1.82) is 0 Å². The third-order valence-electron chi connectivity index (χ3n) is 8.23. The summed E-state index contributed by atoms with van der Waals surface area (Å²) in [6, 6.07) is 8.32. The molecule has 3 N–H and O–H groups in total. The van der Waals surface area contributed by atoms with Crippen LogP contribution in [0.4, 0.5) is 16.3 Å². The molecule has 2 aromatic carbocycles. The molecule has 0 saturated heterocycles. The van der Waals surface area contributed by atoms with Gasteiger partial charge in [0.25, 0.3) is 0 Å². The Labute approximate surface area is 293 Å². The van der Waals surface area contributed by atoms with Crippen LogP contribution in [0.5, 0.6) is 11.5 Å². The highest BCUT2D eigenvalue weighted by molar-refractivity contribution is 6.30. The highest BCUT2D eigenvalue weighted by Crippen LogP contribution is 2.36. The Hall–Kier alpha value is -4.32. The van der Waals surface area contributed by atoms with E-state index in [1.54, 1.807) is 31.4 Å². The molecule has 3 aromatic rings. The predicted molar refractivity (Wildman–Crippen MR) is 189 cm³/mol. The van der Waals surface area contributed by atoms with E-state index in [0.29, 0.717) is 77.3 Å². The molecular formula is C36H48ClN5O7. The fraction of sp³-hybridized carbons (Fsp3) is 0.528. The zero-order chi connectivity index (χ0) is 35.4. The van der Waals surface area contributed by atoms with Crippen molar-refractivity contribution in [3.63, 3.8) is 0 Å². The first-order valence-electron chi connectivity index (χ1n) is 16.8. The van der Waals surface area contributed by atoms with Gasteiger partial charge in [0, 0.05) is 35.1 Å². The van der Waals surface area contributed by atoms with Crippen LogP contribution in [0, 0.1) is 5.92 Å². The van der Waals surface area contributed by atoms with Crippen molar-refractivity contribution < 1.29 is 33.3 Å². The smallest absolute Gasteiger partial charge is 0.407 e. The van der Waals surface area contributed by atoms with E-state index >= 15 is 0 Å². The molecule has 1 atom stereocenters. The number of methoxy groups -OCH3 is 2. The second-order valence-electron chi connectivity index (χ2n) is 13.2. The number of carbonyl (C=O) groups excluding carboxylic acids is 3. The second kappa shape index (κ2) is 17.9. The number of carbonyl (C=O) groups is 3. The number of anilines is 2. The number of nitrogens with one attached hydrogen (secondary N) is 3. The minimum Gasteiger partial charge on any atom is -0.493 e. The maximum absolute atomic E-state index is 13.1. The normalized spacial score (nSPS) is 14.1. The van der Waals surface area contributed by atoms with E-state index in [1.165, 1.54) is 19.9 Å². The van der Waals surface area contributed by atoms with Gasteiger partial charge in [-0.25, -0.2) is 19.6 Å². The third-order valence-corrected chi connectivity index (χ3v) is 8.46. The van der Waals surface area contributed by atoms with Crippen molar-refractivity contribution in [1.82, 2.24) is 20.6 Å². The van der Waals surface area contributed by atoms with Gasteiger partial charge in [-0.3, -0.25) is 4.79 Å². The zero-order valence-corrected chi connectivity index (χ0v) is 29.8. The van der Waals surface area contributed by atoms with E-state index in [1.807, 2.05) is 26.8 Å². The minimum atomic E-state index is -0.662. The summed E-state index contributed by atoms with van der Waals surface area (Å²) in [7, 11) is 2.90. The number of amides is 2. The van der Waals surface area contributed by atoms with Gasteiger partial charge in [0.05, 0.1) is 26.3 Å². The topological polar surface area (TPSA) is 150 Å². The fourth-order valence-corrected chi connectivity index (χ4v) is 6.00. The molecule has 0 bridgehead atoms. The van der Waals surface area contributed by atoms with Crippen LogP contribution in [-0.2, 0) is 25.5 Å². The minimum absolute atomic E-state index is 0.164. The van der Waals surface area contributed by atoms with Crippen molar-refractivity contribution in [3.05, 3.63) is 47.2 Å². The molecule has 1 aliphatic rings. The predicted octanol–water partition coefficient (Wildman–Crippen LogP) is 6.89. The molecular weight excluding hydrogens is 650 g/mol. The standard InChI is InChI=1S/C36H48ClN5O7/c1-36(2,3)49-35(45)38-16-9-17-48-31-20-26-28(21-30(31)46-4)39-22-40-33(26)42-27-19-25(37)14-12-24(27)13-15-32(43)41-29(34(44)47-5)18-23-10-7-6-8-11-23/h12,14,19-23,29H,6-11,13,15-18H2,1-5H3,(H,38,45)(H,41,43)(H,39,40,42)/t29-/m1/s1. The van der Waals surface area contributed by atoms with Gasteiger partial charge in [0.2, 0.25) is 5.91 Å². The zero-order valence-electron chi connectivity index (χ0n) is 29.0. The molecule has 4 rings (SSSR count). The van der Waals surface area contributed by atoms with Crippen LogP contribution < -0.4 is 25.4 Å². The molecule has 12 nitrogen and oxygen atoms in total. The number of aryl methyl sites for hydroxylation is 1. The molecule has 1 aromatic heterocycles. The summed E-state index contributed by atoms with van der Waals surface area (Å²) >= 11 is 6.40. The maximum atomic E-state index is 13.1. The average molecular weight is 698 g/mol. The molecule has 266 valence electrons. The van der Waals surface area contributed by atoms with Crippen LogP contribution in [0.25, 0.3) is 10.9 Å². The van der Waals surface area contributed by atoms with Gasteiger partial charge in [-0.05, 0) is 69.7 Å². The molecule has 2 amide bonds. The number of benzene rings is 2. The molecule has 13 heteroatoms. The molecule has 1 fully saturated rings. The number of alkyl carbamates (subject to hydrolysis) is 1. The molecule has 0 unspecified atom stereocenters. The first-order chi connectivity index (χ1) is 23.5. The molecule has 1 aliphatic carbocycles. The van der Waals surface area contributed by atoms with Gasteiger partial charge in [0.1, 0.15) is 23.8 Å². The van der Waals surface area contributed by atoms with E-state index in [-0.39, 0.29) is 12.3 Å². The molecule has 0 aliphatic heterocycles. The second-order valence-corrected chi connectivity index (χ2v) is 13.6. The van der Waals surface area contributed by atoms with Crippen LogP contribution in [0.2, 0.25) is 5.02 Å². The van der Waals surface area contributed by atoms with Gasteiger partial charge < -0.3 is 34.9 Å². The number of fused-ring (bicyclic) bond motifs is 1. The van der Waals surface area contributed by atoms with E-state index in [0.717, 1.165) is 31.2 Å². The third kappa shape index (κ3) is 11.7. The maximum Gasteiger partial charge on any atom is 0.407 e. The van der Waals surface area contributed by atoms with Crippen molar-refractivity contribution in [2.24, 2.45) is 5.92 Å². The Morgan fingerprint density at radius 1 is 1.02 bits per heavy atom. The molecule has 1 heterocycles. The van der Waals surface area contributed by atoms with Crippen molar-refractivity contribution in [2.75, 3.05) is 32.7 Å². The Balaban J connectivity index is 1.43. The first-order valence-corrected chi connectivity index (χ1v) is 17.2. The summed E-state index contributed by atoms with van der Waals surface area (Å²) in [5.74, 6) is 1.26. The van der Waals surface area contributed by atoms with Gasteiger partial charge in [0.15, 0.2) is 11.5 Å². The summed E-state index contributed by atoms with van der Waals surface area (Å²) in [4.78, 5) is 46.4. The quantitative estimate of drug-likeness (QED) is 0.113.